The Kier molecular flexibility index (Phi) is 3.65. The van der Waals surface area contributed by atoms with Crippen molar-refractivity contribution in [2.45, 2.75) is 25.3 Å². The zero-order chi connectivity index (χ0) is 10.7. The van der Waals surface area contributed by atoms with Crippen molar-refractivity contribution in [2.75, 3.05) is 18.0 Å². The van der Waals surface area contributed by atoms with E-state index in [1.807, 2.05) is 0 Å². The van der Waals surface area contributed by atoms with E-state index in [1.165, 1.54) is 16.6 Å². The van der Waals surface area contributed by atoms with E-state index >= 15 is 0 Å². The minimum atomic E-state index is 0.387. The Balaban J connectivity index is 2.13. The van der Waals surface area contributed by atoms with Crippen LogP contribution in [-0.4, -0.2) is 19.1 Å². The van der Waals surface area contributed by atoms with Crippen LogP contribution in [0.15, 0.2) is 28.7 Å². The number of nitrogens with two attached hydrogens (primary N) is 1. The summed E-state index contributed by atoms with van der Waals surface area (Å²) < 4.78 is 1.18. The zero-order valence-electron chi connectivity index (χ0n) is 8.82. The fourth-order valence-electron chi connectivity index (χ4n) is 2.07. The summed E-state index contributed by atoms with van der Waals surface area (Å²) in [7, 11) is 0. The SMILES string of the molecule is NC1CCCN(c2ccccc2Br)CC1. The number of rotatable bonds is 1. The molecule has 0 amide bonds. The first-order valence-corrected chi connectivity index (χ1v) is 6.32. The number of nitrogens with zero attached hydrogens (tertiary/aromatic N) is 1. The fourth-order valence-corrected chi connectivity index (χ4v) is 2.61. The molecular weight excluding hydrogens is 252 g/mol. The third-order valence-electron chi connectivity index (χ3n) is 2.97. The maximum atomic E-state index is 5.97. The van der Waals surface area contributed by atoms with E-state index in [4.69, 9.17) is 5.73 Å². The van der Waals surface area contributed by atoms with Gasteiger partial charge in [0.1, 0.15) is 0 Å². The van der Waals surface area contributed by atoms with E-state index in [9.17, 15) is 0 Å². The molecule has 0 bridgehead atoms. The third-order valence-corrected chi connectivity index (χ3v) is 3.64. The summed E-state index contributed by atoms with van der Waals surface area (Å²) in [6.07, 6.45) is 3.45. The van der Waals surface area contributed by atoms with Crippen molar-refractivity contribution in [2.24, 2.45) is 5.73 Å². The summed E-state index contributed by atoms with van der Waals surface area (Å²) >= 11 is 3.60. The van der Waals surface area contributed by atoms with Crippen molar-refractivity contribution in [3.8, 4) is 0 Å². The van der Waals surface area contributed by atoms with Crippen LogP contribution in [-0.2, 0) is 0 Å². The number of anilines is 1. The average Bonchev–Trinajstić information content (AvgIpc) is 2.44. The lowest BCUT2D eigenvalue weighted by Gasteiger charge is -2.23. The molecule has 0 spiro atoms. The Morgan fingerprint density at radius 2 is 2.00 bits per heavy atom. The van der Waals surface area contributed by atoms with Crippen LogP contribution in [0.4, 0.5) is 5.69 Å². The first-order valence-electron chi connectivity index (χ1n) is 5.52. The minimum absolute atomic E-state index is 0.387. The molecule has 0 saturated carbocycles. The Bertz CT molecular complexity index is 327. The van der Waals surface area contributed by atoms with E-state index in [0.717, 1.165) is 25.9 Å². The standard InChI is InChI=1S/C12H17BrN2/c13-11-5-1-2-6-12(11)15-8-3-4-10(14)7-9-15/h1-2,5-6,10H,3-4,7-9,14H2. The van der Waals surface area contributed by atoms with Crippen molar-refractivity contribution < 1.29 is 0 Å². The Labute approximate surface area is 99.6 Å². The highest BCUT2D eigenvalue weighted by molar-refractivity contribution is 9.10. The lowest BCUT2D eigenvalue weighted by molar-refractivity contribution is 0.601. The molecule has 1 aromatic rings. The molecule has 1 aliphatic rings. The van der Waals surface area contributed by atoms with Crippen molar-refractivity contribution in [3.63, 3.8) is 0 Å². The second-order valence-electron chi connectivity index (χ2n) is 4.13. The fraction of sp³-hybridized carbons (Fsp3) is 0.500. The normalized spacial score (nSPS) is 22.5. The second kappa shape index (κ2) is 4.99. The van der Waals surface area contributed by atoms with Gasteiger partial charge in [-0.05, 0) is 47.3 Å². The molecule has 1 aliphatic heterocycles. The molecule has 2 rings (SSSR count). The summed E-state index contributed by atoms with van der Waals surface area (Å²) in [4.78, 5) is 2.43. The number of halogens is 1. The summed E-state index contributed by atoms with van der Waals surface area (Å²) in [5.74, 6) is 0. The molecule has 2 N–H and O–H groups in total. The predicted octanol–water partition coefficient (Wildman–Crippen LogP) is 2.77. The monoisotopic (exact) mass is 268 g/mol. The Morgan fingerprint density at radius 3 is 2.80 bits per heavy atom. The zero-order valence-corrected chi connectivity index (χ0v) is 10.4. The van der Waals surface area contributed by atoms with Gasteiger partial charge >= 0.3 is 0 Å². The number of para-hydroxylation sites is 1. The van der Waals surface area contributed by atoms with Gasteiger partial charge in [-0.1, -0.05) is 12.1 Å². The Morgan fingerprint density at radius 1 is 1.20 bits per heavy atom. The topological polar surface area (TPSA) is 29.3 Å². The number of hydrogen-bond donors (Lipinski definition) is 1. The van der Waals surface area contributed by atoms with Gasteiger partial charge in [0.15, 0.2) is 0 Å². The molecule has 82 valence electrons. The van der Waals surface area contributed by atoms with Crippen LogP contribution in [0.3, 0.4) is 0 Å². The van der Waals surface area contributed by atoms with Crippen LogP contribution in [0.1, 0.15) is 19.3 Å². The molecule has 2 nitrogen and oxygen atoms in total. The lowest BCUT2D eigenvalue weighted by Crippen LogP contribution is -2.26. The highest BCUT2D eigenvalue weighted by Gasteiger charge is 2.15. The summed E-state index contributed by atoms with van der Waals surface area (Å²) in [5, 5.41) is 0. The Hall–Kier alpha value is -0.540. The molecule has 15 heavy (non-hydrogen) atoms. The molecule has 0 aromatic heterocycles. The molecule has 1 fully saturated rings. The molecule has 1 heterocycles. The average molecular weight is 269 g/mol. The van der Waals surface area contributed by atoms with Crippen LogP contribution in [0.5, 0.6) is 0 Å². The molecule has 1 unspecified atom stereocenters. The minimum Gasteiger partial charge on any atom is -0.371 e. The highest BCUT2D eigenvalue weighted by Crippen LogP contribution is 2.27. The van der Waals surface area contributed by atoms with Crippen LogP contribution in [0, 0.1) is 0 Å². The van der Waals surface area contributed by atoms with Crippen molar-refractivity contribution >= 4 is 21.6 Å². The van der Waals surface area contributed by atoms with Gasteiger partial charge in [0.05, 0.1) is 5.69 Å². The van der Waals surface area contributed by atoms with E-state index in [0.29, 0.717) is 6.04 Å². The summed E-state index contributed by atoms with van der Waals surface area (Å²) in [5.41, 5.74) is 7.27. The van der Waals surface area contributed by atoms with E-state index in [1.54, 1.807) is 0 Å². The molecule has 0 aliphatic carbocycles. The van der Waals surface area contributed by atoms with Crippen LogP contribution in [0.2, 0.25) is 0 Å². The van der Waals surface area contributed by atoms with Crippen LogP contribution < -0.4 is 10.6 Å². The lowest BCUT2D eigenvalue weighted by atomic mass is 10.1. The van der Waals surface area contributed by atoms with Gasteiger partial charge < -0.3 is 10.6 Å². The number of benzene rings is 1. The summed E-state index contributed by atoms with van der Waals surface area (Å²) in [6.45, 7) is 2.19. The number of hydrogen-bond acceptors (Lipinski definition) is 2. The highest BCUT2D eigenvalue weighted by atomic mass is 79.9. The largest absolute Gasteiger partial charge is 0.371 e. The van der Waals surface area contributed by atoms with Crippen LogP contribution >= 0.6 is 15.9 Å². The van der Waals surface area contributed by atoms with Crippen molar-refractivity contribution in [3.05, 3.63) is 28.7 Å². The molecule has 1 aromatic carbocycles. The molecule has 1 atom stereocenters. The van der Waals surface area contributed by atoms with E-state index in [2.05, 4.69) is 45.1 Å². The van der Waals surface area contributed by atoms with E-state index in [-0.39, 0.29) is 0 Å². The summed E-state index contributed by atoms with van der Waals surface area (Å²) in [6, 6.07) is 8.79. The van der Waals surface area contributed by atoms with Gasteiger partial charge in [0.25, 0.3) is 0 Å². The molecule has 3 heteroatoms. The van der Waals surface area contributed by atoms with E-state index < -0.39 is 0 Å². The first-order chi connectivity index (χ1) is 7.27. The maximum Gasteiger partial charge on any atom is 0.0510 e. The quantitative estimate of drug-likeness (QED) is 0.849. The third kappa shape index (κ3) is 2.73. The van der Waals surface area contributed by atoms with Crippen molar-refractivity contribution in [1.82, 2.24) is 0 Å². The van der Waals surface area contributed by atoms with Gasteiger partial charge in [0, 0.05) is 23.6 Å². The molecule has 1 saturated heterocycles. The predicted molar refractivity (Wildman–Crippen MR) is 68.2 cm³/mol. The van der Waals surface area contributed by atoms with Gasteiger partial charge in [-0.25, -0.2) is 0 Å². The van der Waals surface area contributed by atoms with Crippen LogP contribution in [0.25, 0.3) is 0 Å². The molecule has 0 radical (unpaired) electrons. The smallest absolute Gasteiger partial charge is 0.0510 e. The first kappa shape index (κ1) is 11.0. The van der Waals surface area contributed by atoms with Gasteiger partial charge in [-0.2, -0.15) is 0 Å². The van der Waals surface area contributed by atoms with Gasteiger partial charge in [-0.3, -0.25) is 0 Å². The molecular formula is C12H17BrN2. The van der Waals surface area contributed by atoms with Gasteiger partial charge in [-0.15, -0.1) is 0 Å². The maximum absolute atomic E-state index is 5.97. The van der Waals surface area contributed by atoms with Crippen molar-refractivity contribution in [1.29, 1.82) is 0 Å². The second-order valence-corrected chi connectivity index (χ2v) is 4.98. The van der Waals surface area contributed by atoms with Gasteiger partial charge in [0.2, 0.25) is 0 Å².